The number of ether oxygens (including phenoxy) is 2. The summed E-state index contributed by atoms with van der Waals surface area (Å²) in [4.78, 5) is 17.0. The fraction of sp³-hybridized carbons (Fsp3) is 0.250. The van der Waals surface area contributed by atoms with E-state index >= 15 is 0 Å². The second kappa shape index (κ2) is 10.4. The van der Waals surface area contributed by atoms with Crippen molar-refractivity contribution in [2.75, 3.05) is 6.61 Å². The molecule has 0 aliphatic carbocycles. The van der Waals surface area contributed by atoms with Gasteiger partial charge in [-0.2, -0.15) is 5.10 Å². The number of benzene rings is 2. The van der Waals surface area contributed by atoms with Crippen LogP contribution in [-0.4, -0.2) is 39.5 Å². The van der Waals surface area contributed by atoms with Crippen molar-refractivity contribution in [3.63, 3.8) is 0 Å². The number of aromatic amines is 1. The molecular formula is C28H27ClN4O3S. The number of halogens is 1. The number of hydrogen-bond donors (Lipinski definition) is 2. The van der Waals surface area contributed by atoms with Crippen LogP contribution in [0.5, 0.6) is 5.75 Å². The van der Waals surface area contributed by atoms with E-state index in [4.69, 9.17) is 21.1 Å². The van der Waals surface area contributed by atoms with Gasteiger partial charge >= 0.3 is 6.09 Å². The Bertz CT molecular complexity index is 1560. The zero-order valence-electron chi connectivity index (χ0n) is 20.7. The van der Waals surface area contributed by atoms with Crippen LogP contribution in [0.2, 0.25) is 5.15 Å². The first-order valence-corrected chi connectivity index (χ1v) is 13.2. The third-order valence-electron chi connectivity index (χ3n) is 5.76. The summed E-state index contributed by atoms with van der Waals surface area (Å²) in [6.45, 7) is 5.75. The number of alkyl carbamates (subject to hydrolysis) is 1. The van der Waals surface area contributed by atoms with Crippen molar-refractivity contribution in [1.29, 1.82) is 0 Å². The number of nitrogens with zero attached hydrogens (tertiary/aromatic N) is 2. The second-order valence-electron chi connectivity index (χ2n) is 9.80. The Kier molecular flexibility index (Phi) is 7.04. The Morgan fingerprint density at radius 3 is 2.84 bits per heavy atom. The van der Waals surface area contributed by atoms with Gasteiger partial charge in [-0.1, -0.05) is 35.9 Å². The normalized spacial score (nSPS) is 12.5. The summed E-state index contributed by atoms with van der Waals surface area (Å²) in [7, 11) is 0. The number of rotatable bonds is 7. The highest BCUT2D eigenvalue weighted by Crippen LogP contribution is 2.32. The molecule has 0 fully saturated rings. The summed E-state index contributed by atoms with van der Waals surface area (Å²) in [5.41, 5.74) is 3.15. The Labute approximate surface area is 223 Å². The molecular weight excluding hydrogens is 508 g/mol. The molecule has 3 aromatic heterocycles. The van der Waals surface area contributed by atoms with Gasteiger partial charge in [-0.05, 0) is 73.4 Å². The SMILES string of the molecule is CC(C)(C)OC(=O)N[C@H](COc1cnc(Cl)c(-c2ccc3[nH]ncc3c2)c1)Cc1csc2ccccc12. The van der Waals surface area contributed by atoms with Crippen molar-refractivity contribution in [3.05, 3.63) is 77.0 Å². The summed E-state index contributed by atoms with van der Waals surface area (Å²) in [6.07, 6.45) is 3.46. The molecule has 7 nitrogen and oxygen atoms in total. The quantitative estimate of drug-likeness (QED) is 0.219. The first-order valence-electron chi connectivity index (χ1n) is 11.9. The minimum absolute atomic E-state index is 0.229. The molecule has 0 spiro atoms. The average Bonchev–Trinajstić information content (AvgIpc) is 3.49. The molecule has 0 aliphatic rings. The smallest absolute Gasteiger partial charge is 0.408 e. The average molecular weight is 535 g/mol. The molecule has 0 radical (unpaired) electrons. The summed E-state index contributed by atoms with van der Waals surface area (Å²) in [5.74, 6) is 0.554. The van der Waals surface area contributed by atoms with Crippen molar-refractivity contribution in [1.82, 2.24) is 20.5 Å². The van der Waals surface area contributed by atoms with E-state index in [-0.39, 0.29) is 12.6 Å². The van der Waals surface area contributed by atoms with Crippen LogP contribution in [0.15, 0.2) is 66.3 Å². The largest absolute Gasteiger partial charge is 0.490 e. The van der Waals surface area contributed by atoms with Crippen LogP contribution < -0.4 is 10.1 Å². The van der Waals surface area contributed by atoms with Gasteiger partial charge in [-0.15, -0.1) is 11.3 Å². The number of carbonyl (C=O) groups is 1. The predicted octanol–water partition coefficient (Wildman–Crippen LogP) is 7.01. The molecule has 1 amide bonds. The van der Waals surface area contributed by atoms with E-state index in [2.05, 4.69) is 38.0 Å². The molecule has 37 heavy (non-hydrogen) atoms. The van der Waals surface area contributed by atoms with Crippen LogP contribution in [0, 0.1) is 0 Å². The first-order chi connectivity index (χ1) is 17.7. The molecule has 0 bridgehead atoms. The van der Waals surface area contributed by atoms with Gasteiger partial charge in [0.05, 0.1) is 24.0 Å². The topological polar surface area (TPSA) is 89.1 Å². The van der Waals surface area contributed by atoms with E-state index in [9.17, 15) is 4.79 Å². The number of fused-ring (bicyclic) bond motifs is 2. The van der Waals surface area contributed by atoms with Crippen LogP contribution in [0.4, 0.5) is 4.79 Å². The lowest BCUT2D eigenvalue weighted by Gasteiger charge is -2.24. The van der Waals surface area contributed by atoms with Gasteiger partial charge in [-0.25, -0.2) is 9.78 Å². The number of pyridine rings is 1. The fourth-order valence-electron chi connectivity index (χ4n) is 4.10. The number of hydrogen-bond acceptors (Lipinski definition) is 6. The van der Waals surface area contributed by atoms with Crippen molar-refractivity contribution in [2.24, 2.45) is 0 Å². The number of H-pyrrole nitrogens is 1. The molecule has 1 atom stereocenters. The van der Waals surface area contributed by atoms with Crippen LogP contribution >= 0.6 is 22.9 Å². The number of aromatic nitrogens is 3. The maximum absolute atomic E-state index is 12.6. The van der Waals surface area contributed by atoms with Crippen molar-refractivity contribution in [2.45, 2.75) is 38.8 Å². The molecule has 2 N–H and O–H groups in total. The van der Waals surface area contributed by atoms with E-state index in [0.29, 0.717) is 17.3 Å². The monoisotopic (exact) mass is 534 g/mol. The molecule has 9 heteroatoms. The summed E-state index contributed by atoms with van der Waals surface area (Å²) in [5, 5.41) is 14.7. The lowest BCUT2D eigenvalue weighted by molar-refractivity contribution is 0.0488. The maximum atomic E-state index is 12.6. The third-order valence-corrected chi connectivity index (χ3v) is 7.08. The lowest BCUT2D eigenvalue weighted by atomic mass is 10.1. The molecule has 3 heterocycles. The molecule has 190 valence electrons. The second-order valence-corrected chi connectivity index (χ2v) is 11.1. The number of carbonyl (C=O) groups excluding carboxylic acids is 1. The van der Waals surface area contributed by atoms with E-state index in [1.807, 2.05) is 57.2 Å². The Morgan fingerprint density at radius 2 is 2.00 bits per heavy atom. The van der Waals surface area contributed by atoms with Crippen LogP contribution in [0.1, 0.15) is 26.3 Å². The Morgan fingerprint density at radius 1 is 1.16 bits per heavy atom. The number of thiophene rings is 1. The van der Waals surface area contributed by atoms with Crippen LogP contribution in [-0.2, 0) is 11.2 Å². The Hall–Kier alpha value is -3.62. The Balaban J connectivity index is 1.36. The zero-order chi connectivity index (χ0) is 26.0. The van der Waals surface area contributed by atoms with Crippen molar-refractivity contribution < 1.29 is 14.3 Å². The van der Waals surface area contributed by atoms with E-state index < -0.39 is 11.7 Å². The van der Waals surface area contributed by atoms with Gasteiger partial charge in [0.1, 0.15) is 23.1 Å². The highest BCUT2D eigenvalue weighted by atomic mass is 35.5. The molecule has 0 saturated heterocycles. The molecule has 5 aromatic rings. The fourth-order valence-corrected chi connectivity index (χ4v) is 5.29. The van der Waals surface area contributed by atoms with Crippen molar-refractivity contribution in [3.8, 4) is 16.9 Å². The molecule has 2 aromatic carbocycles. The lowest BCUT2D eigenvalue weighted by Crippen LogP contribution is -2.43. The molecule has 0 saturated carbocycles. The van der Waals surface area contributed by atoms with Crippen LogP contribution in [0.25, 0.3) is 32.1 Å². The van der Waals surface area contributed by atoms with E-state index in [1.54, 1.807) is 23.7 Å². The van der Waals surface area contributed by atoms with Gasteiger partial charge in [0, 0.05) is 15.6 Å². The summed E-state index contributed by atoms with van der Waals surface area (Å²) >= 11 is 8.12. The minimum Gasteiger partial charge on any atom is -0.490 e. The molecule has 0 unspecified atom stereocenters. The summed E-state index contributed by atoms with van der Waals surface area (Å²) in [6, 6.07) is 15.7. The van der Waals surface area contributed by atoms with Gasteiger partial charge in [0.15, 0.2) is 0 Å². The number of nitrogens with one attached hydrogen (secondary N) is 2. The molecule has 5 rings (SSSR count). The first kappa shape index (κ1) is 25.0. The predicted molar refractivity (Wildman–Crippen MR) is 149 cm³/mol. The molecule has 0 aliphatic heterocycles. The van der Waals surface area contributed by atoms with Gasteiger partial charge < -0.3 is 14.8 Å². The van der Waals surface area contributed by atoms with Gasteiger partial charge in [0.2, 0.25) is 0 Å². The minimum atomic E-state index is -0.602. The number of amides is 1. The third kappa shape index (κ3) is 6.03. The highest BCUT2D eigenvalue weighted by Gasteiger charge is 2.22. The summed E-state index contributed by atoms with van der Waals surface area (Å²) < 4.78 is 12.9. The van der Waals surface area contributed by atoms with Crippen LogP contribution in [0.3, 0.4) is 0 Å². The maximum Gasteiger partial charge on any atom is 0.408 e. The highest BCUT2D eigenvalue weighted by molar-refractivity contribution is 7.17. The standard InChI is InChI=1S/C28H27ClN4O3S/c1-28(2,3)36-27(34)32-20(11-19-16-37-25-7-5-4-6-22(19)25)15-35-21-12-23(26(29)30-14-21)17-8-9-24-18(10-17)13-31-33-24/h4-10,12-14,16,20H,11,15H2,1-3H3,(H,31,33)(H,32,34)/t20-/m0/s1. The van der Waals surface area contributed by atoms with E-state index in [0.717, 1.165) is 27.6 Å². The van der Waals surface area contributed by atoms with Gasteiger partial charge in [-0.3, -0.25) is 5.10 Å². The van der Waals surface area contributed by atoms with Crippen molar-refractivity contribution >= 4 is 50.0 Å². The van der Waals surface area contributed by atoms with Gasteiger partial charge in [0.25, 0.3) is 0 Å². The zero-order valence-corrected chi connectivity index (χ0v) is 22.3. The van der Waals surface area contributed by atoms with E-state index in [1.165, 1.54) is 10.1 Å².